The van der Waals surface area contributed by atoms with Crippen LogP contribution in [0.5, 0.6) is 0 Å². The van der Waals surface area contributed by atoms with E-state index < -0.39 is 18.1 Å². The number of hydrogen-bond acceptors (Lipinski definition) is 5. The van der Waals surface area contributed by atoms with E-state index in [9.17, 15) is 14.4 Å². The Balaban J connectivity index is 1.53. The van der Waals surface area contributed by atoms with Crippen molar-refractivity contribution in [1.82, 2.24) is 26.2 Å². The van der Waals surface area contributed by atoms with Gasteiger partial charge in [0.1, 0.15) is 12.1 Å². The van der Waals surface area contributed by atoms with Crippen molar-refractivity contribution >= 4 is 17.7 Å². The molecule has 240 valence electrons. The summed E-state index contributed by atoms with van der Waals surface area (Å²) in [4.78, 5) is 42.8. The first-order valence-electron chi connectivity index (χ1n) is 16.6. The molecule has 1 heterocycles. The van der Waals surface area contributed by atoms with E-state index in [1.165, 1.54) is 32.1 Å². The van der Waals surface area contributed by atoms with Gasteiger partial charge in [-0.25, -0.2) is 0 Å². The Hall–Kier alpha value is -3.23. The third-order valence-electron chi connectivity index (χ3n) is 9.36. The van der Waals surface area contributed by atoms with Gasteiger partial charge in [-0.2, -0.15) is 0 Å². The van der Waals surface area contributed by atoms with Gasteiger partial charge in [0, 0.05) is 18.6 Å². The lowest BCUT2D eigenvalue weighted by atomic mass is 9.89. The van der Waals surface area contributed by atoms with Crippen LogP contribution in [0.2, 0.25) is 0 Å². The molecular formula is C36H53N5O3. The fraction of sp³-hybridized carbons (Fsp3) is 0.583. The molecule has 4 rings (SSSR count). The molecule has 2 aliphatic rings. The molecule has 8 nitrogen and oxygen atoms in total. The molecule has 3 amide bonds. The van der Waals surface area contributed by atoms with Gasteiger partial charge in [0.2, 0.25) is 17.7 Å². The number of amides is 3. The van der Waals surface area contributed by atoms with Gasteiger partial charge in [0.25, 0.3) is 0 Å². The molecule has 1 aliphatic carbocycles. The fourth-order valence-electron chi connectivity index (χ4n) is 6.57. The van der Waals surface area contributed by atoms with E-state index in [0.717, 1.165) is 17.7 Å². The summed E-state index contributed by atoms with van der Waals surface area (Å²) in [5.41, 5.74) is 2.31. The first kappa shape index (κ1) is 33.7. The molecule has 0 bridgehead atoms. The summed E-state index contributed by atoms with van der Waals surface area (Å²) in [6, 6.07) is 18.6. The Kier molecular flexibility index (Phi) is 12.8. The highest BCUT2D eigenvalue weighted by atomic mass is 16.2. The van der Waals surface area contributed by atoms with Gasteiger partial charge in [-0.3, -0.25) is 14.4 Å². The zero-order chi connectivity index (χ0) is 31.5. The molecule has 0 radical (unpaired) electrons. The van der Waals surface area contributed by atoms with Gasteiger partial charge >= 0.3 is 0 Å². The molecule has 4 atom stereocenters. The maximum atomic E-state index is 14.2. The standard InChI is InChI=1S/C36H53N5O3/c1-25(2)33(40-34(42)26(3)37-4)36(44)41-24-31(38-23-29-18-12-7-13-19-29)22-32(41)35(43)39-30(20-27-14-8-5-9-15-27)21-28-16-10-6-11-17-28/h5-6,8-11,14-17,25-26,29-33,37-38H,7,12-13,18-24H2,1-4H3,(H,39,43)(H,40,42)/t26-,31-,32-,33-/m0/s1. The molecule has 0 spiro atoms. The maximum Gasteiger partial charge on any atom is 0.246 e. The quantitative estimate of drug-likeness (QED) is 0.263. The second kappa shape index (κ2) is 16.7. The molecule has 2 aromatic carbocycles. The van der Waals surface area contributed by atoms with Crippen LogP contribution in [-0.4, -0.2) is 73.0 Å². The zero-order valence-corrected chi connectivity index (χ0v) is 27.1. The number of carbonyl (C=O) groups is 3. The minimum absolute atomic E-state index is 0.0260. The van der Waals surface area contributed by atoms with Crippen molar-refractivity contribution in [2.24, 2.45) is 11.8 Å². The van der Waals surface area contributed by atoms with Crippen LogP contribution in [0.3, 0.4) is 0 Å². The maximum absolute atomic E-state index is 14.2. The number of likely N-dealkylation sites (tertiary alicyclic amines) is 1. The average molecular weight is 604 g/mol. The third kappa shape index (κ3) is 9.63. The van der Waals surface area contributed by atoms with Crippen molar-refractivity contribution in [3.8, 4) is 0 Å². The van der Waals surface area contributed by atoms with Crippen molar-refractivity contribution < 1.29 is 14.4 Å². The summed E-state index contributed by atoms with van der Waals surface area (Å²) in [7, 11) is 1.72. The van der Waals surface area contributed by atoms with E-state index >= 15 is 0 Å². The smallest absolute Gasteiger partial charge is 0.246 e. The highest BCUT2D eigenvalue weighted by Crippen LogP contribution is 2.25. The molecule has 0 unspecified atom stereocenters. The van der Waals surface area contributed by atoms with Crippen LogP contribution in [0.15, 0.2) is 60.7 Å². The van der Waals surface area contributed by atoms with Crippen LogP contribution >= 0.6 is 0 Å². The van der Waals surface area contributed by atoms with E-state index in [0.29, 0.717) is 31.7 Å². The number of nitrogens with one attached hydrogen (secondary N) is 4. The van der Waals surface area contributed by atoms with Gasteiger partial charge in [0.15, 0.2) is 0 Å². The van der Waals surface area contributed by atoms with E-state index in [4.69, 9.17) is 0 Å². The second-order valence-electron chi connectivity index (χ2n) is 13.2. The minimum atomic E-state index is -0.713. The van der Waals surface area contributed by atoms with Crippen LogP contribution in [0.1, 0.15) is 70.4 Å². The van der Waals surface area contributed by atoms with Crippen molar-refractivity contribution in [2.45, 2.75) is 102 Å². The summed E-state index contributed by atoms with van der Waals surface area (Å²) in [6.45, 7) is 7.01. The largest absolute Gasteiger partial charge is 0.351 e. The van der Waals surface area contributed by atoms with Gasteiger partial charge in [0.05, 0.1) is 6.04 Å². The SMILES string of the molecule is CN[C@@H](C)C(=O)N[C@H](C(=O)N1C[C@@H](NCC2CCCCC2)C[C@H]1C(=O)NC(Cc1ccccc1)Cc1ccccc1)C(C)C. The van der Waals surface area contributed by atoms with Crippen molar-refractivity contribution in [3.05, 3.63) is 71.8 Å². The molecule has 1 saturated heterocycles. The number of carbonyl (C=O) groups excluding carboxylic acids is 3. The van der Waals surface area contributed by atoms with Gasteiger partial charge in [-0.1, -0.05) is 93.8 Å². The molecule has 2 fully saturated rings. The van der Waals surface area contributed by atoms with Crippen molar-refractivity contribution in [2.75, 3.05) is 20.1 Å². The Morgan fingerprint density at radius 1 is 0.841 bits per heavy atom. The molecule has 8 heteroatoms. The van der Waals surface area contributed by atoms with Gasteiger partial charge in [-0.05, 0) is 75.6 Å². The summed E-state index contributed by atoms with van der Waals surface area (Å²) in [5, 5.41) is 13.0. The number of benzene rings is 2. The first-order chi connectivity index (χ1) is 21.2. The lowest BCUT2D eigenvalue weighted by molar-refractivity contribution is -0.142. The third-order valence-corrected chi connectivity index (χ3v) is 9.36. The highest BCUT2D eigenvalue weighted by molar-refractivity contribution is 5.93. The number of nitrogens with zero attached hydrogens (tertiary/aromatic N) is 1. The number of hydrogen-bond donors (Lipinski definition) is 4. The molecular weight excluding hydrogens is 550 g/mol. The number of likely N-dealkylation sites (N-methyl/N-ethyl adjacent to an activating group) is 1. The molecule has 4 N–H and O–H groups in total. The van der Waals surface area contributed by atoms with Crippen molar-refractivity contribution in [3.63, 3.8) is 0 Å². The summed E-state index contributed by atoms with van der Waals surface area (Å²) in [5.74, 6) is -0.0291. The predicted octanol–water partition coefficient (Wildman–Crippen LogP) is 3.84. The van der Waals surface area contributed by atoms with E-state index in [-0.39, 0.29) is 35.7 Å². The van der Waals surface area contributed by atoms with Crippen LogP contribution < -0.4 is 21.3 Å². The Morgan fingerprint density at radius 3 is 1.98 bits per heavy atom. The predicted molar refractivity (Wildman–Crippen MR) is 176 cm³/mol. The fourth-order valence-corrected chi connectivity index (χ4v) is 6.57. The van der Waals surface area contributed by atoms with E-state index in [2.05, 4.69) is 45.5 Å². The Bertz CT molecular complexity index is 1140. The monoisotopic (exact) mass is 603 g/mol. The molecule has 1 saturated carbocycles. The molecule has 44 heavy (non-hydrogen) atoms. The summed E-state index contributed by atoms with van der Waals surface area (Å²) < 4.78 is 0. The Morgan fingerprint density at radius 2 is 1.43 bits per heavy atom. The highest BCUT2D eigenvalue weighted by Gasteiger charge is 2.43. The zero-order valence-electron chi connectivity index (χ0n) is 27.1. The van der Waals surface area contributed by atoms with Crippen LogP contribution in [0.25, 0.3) is 0 Å². The topological polar surface area (TPSA) is 103 Å². The van der Waals surface area contributed by atoms with Crippen LogP contribution in [-0.2, 0) is 27.2 Å². The minimum Gasteiger partial charge on any atom is -0.351 e. The van der Waals surface area contributed by atoms with Gasteiger partial charge < -0.3 is 26.2 Å². The van der Waals surface area contributed by atoms with Gasteiger partial charge in [-0.15, -0.1) is 0 Å². The lowest BCUT2D eigenvalue weighted by Crippen LogP contribution is -2.58. The second-order valence-corrected chi connectivity index (χ2v) is 13.2. The average Bonchev–Trinajstić information content (AvgIpc) is 3.48. The summed E-state index contributed by atoms with van der Waals surface area (Å²) >= 11 is 0. The lowest BCUT2D eigenvalue weighted by Gasteiger charge is -2.32. The number of rotatable bonds is 14. The molecule has 1 aliphatic heterocycles. The van der Waals surface area contributed by atoms with E-state index in [1.807, 2.05) is 50.2 Å². The summed E-state index contributed by atoms with van der Waals surface area (Å²) in [6.07, 6.45) is 8.27. The first-order valence-corrected chi connectivity index (χ1v) is 16.6. The van der Waals surface area contributed by atoms with Crippen LogP contribution in [0, 0.1) is 11.8 Å². The Labute approximate surface area is 264 Å². The van der Waals surface area contributed by atoms with Crippen molar-refractivity contribution in [1.29, 1.82) is 0 Å². The molecule has 0 aromatic heterocycles. The molecule has 2 aromatic rings. The normalized spacial score (nSPS) is 20.5. The van der Waals surface area contributed by atoms with E-state index in [1.54, 1.807) is 18.9 Å². The van der Waals surface area contributed by atoms with Crippen LogP contribution in [0.4, 0.5) is 0 Å².